The maximum atomic E-state index is 13.4. The Morgan fingerprint density at radius 1 is 1.11 bits per heavy atom. The molecule has 1 fully saturated rings. The fourth-order valence-corrected chi connectivity index (χ4v) is 5.25. The molecule has 1 aromatic heterocycles. The van der Waals surface area contributed by atoms with Gasteiger partial charge in [-0.25, -0.2) is 4.79 Å². The Morgan fingerprint density at radius 2 is 1.81 bits per heavy atom. The fourth-order valence-electron chi connectivity index (χ4n) is 5.01. The number of benzene rings is 1. The highest BCUT2D eigenvalue weighted by Crippen LogP contribution is 2.45. The van der Waals surface area contributed by atoms with Gasteiger partial charge in [-0.2, -0.15) is 0 Å². The summed E-state index contributed by atoms with van der Waals surface area (Å²) < 4.78 is 11.7. The maximum absolute atomic E-state index is 13.4. The summed E-state index contributed by atoms with van der Waals surface area (Å²) in [6, 6.07) is 5.39. The summed E-state index contributed by atoms with van der Waals surface area (Å²) in [6.07, 6.45) is 3.26. The van der Waals surface area contributed by atoms with Gasteiger partial charge in [-0.3, -0.25) is 14.6 Å². The molecule has 5 rings (SSSR count). The zero-order valence-corrected chi connectivity index (χ0v) is 21.8. The average molecular weight is 525 g/mol. The van der Waals surface area contributed by atoms with E-state index in [0.717, 1.165) is 16.8 Å². The number of amides is 3. The van der Waals surface area contributed by atoms with Gasteiger partial charge in [-0.15, -0.1) is 0 Å². The highest BCUT2D eigenvalue weighted by Gasteiger charge is 2.37. The predicted octanol–water partition coefficient (Wildman–Crippen LogP) is 3.21. The van der Waals surface area contributed by atoms with Crippen LogP contribution < -0.4 is 10.5 Å². The van der Waals surface area contributed by atoms with Gasteiger partial charge in [0.15, 0.2) is 6.10 Å². The topological polar surface area (TPSA) is 115 Å². The van der Waals surface area contributed by atoms with Gasteiger partial charge in [0.25, 0.3) is 5.91 Å². The smallest absolute Gasteiger partial charge is 0.410 e. The number of carbonyl (C=O) groups excluding carboxylic acids is 3. The Hall–Kier alpha value is -3.59. The van der Waals surface area contributed by atoms with E-state index in [1.54, 1.807) is 40.3 Å². The molecule has 1 aliphatic carbocycles. The lowest BCUT2D eigenvalue weighted by atomic mass is 9.94. The molecule has 1 atom stereocenters. The molecule has 2 aromatic rings. The second-order valence-corrected chi connectivity index (χ2v) is 10.8. The Morgan fingerprint density at radius 3 is 2.49 bits per heavy atom. The van der Waals surface area contributed by atoms with Crippen molar-refractivity contribution in [3.05, 3.63) is 52.3 Å². The number of pyridine rings is 1. The third kappa shape index (κ3) is 4.87. The normalized spacial score (nSPS) is 18.6. The van der Waals surface area contributed by atoms with Crippen LogP contribution in [-0.4, -0.2) is 70.6 Å². The molecular formula is C27H29ClN4O5. The molecule has 2 aliphatic heterocycles. The second-order valence-electron chi connectivity index (χ2n) is 10.4. The van der Waals surface area contributed by atoms with Gasteiger partial charge in [-0.1, -0.05) is 17.7 Å². The molecular weight excluding hydrogens is 496 g/mol. The number of ether oxygens (including phenoxy) is 2. The number of fused-ring (bicyclic) bond motifs is 2. The van der Waals surface area contributed by atoms with Crippen LogP contribution in [0.15, 0.2) is 30.5 Å². The van der Waals surface area contributed by atoms with Crippen molar-refractivity contribution in [1.29, 1.82) is 0 Å². The molecule has 0 saturated carbocycles. The minimum atomic E-state index is -0.707. The summed E-state index contributed by atoms with van der Waals surface area (Å²) in [6.45, 7) is 7.05. The first-order valence-corrected chi connectivity index (χ1v) is 12.6. The van der Waals surface area contributed by atoms with E-state index in [1.165, 1.54) is 0 Å². The molecule has 0 radical (unpaired) electrons. The van der Waals surface area contributed by atoms with Gasteiger partial charge in [0.2, 0.25) is 5.91 Å². The first-order chi connectivity index (χ1) is 17.5. The molecule has 194 valence electrons. The van der Waals surface area contributed by atoms with Crippen LogP contribution >= 0.6 is 11.6 Å². The van der Waals surface area contributed by atoms with Crippen molar-refractivity contribution >= 4 is 35.1 Å². The van der Waals surface area contributed by atoms with Gasteiger partial charge >= 0.3 is 6.09 Å². The lowest BCUT2D eigenvalue weighted by Gasteiger charge is -2.36. The van der Waals surface area contributed by atoms with Crippen LogP contribution in [0, 0.1) is 0 Å². The van der Waals surface area contributed by atoms with Crippen molar-refractivity contribution < 1.29 is 23.9 Å². The van der Waals surface area contributed by atoms with Crippen LogP contribution in [0.25, 0.3) is 16.7 Å². The van der Waals surface area contributed by atoms with Gasteiger partial charge in [0.05, 0.1) is 5.69 Å². The molecule has 1 aromatic carbocycles. The zero-order chi connectivity index (χ0) is 26.5. The molecule has 3 heterocycles. The molecule has 1 unspecified atom stereocenters. The van der Waals surface area contributed by atoms with Crippen LogP contribution in [0.1, 0.15) is 37.6 Å². The van der Waals surface area contributed by atoms with E-state index in [-0.39, 0.29) is 12.0 Å². The van der Waals surface area contributed by atoms with E-state index in [1.807, 2.05) is 20.8 Å². The molecule has 1 saturated heterocycles. The number of aromatic nitrogens is 1. The number of carbonyl (C=O) groups is 3. The number of piperazine rings is 1. The average Bonchev–Trinajstić information content (AvgIpc) is 3.46. The van der Waals surface area contributed by atoms with Gasteiger partial charge in [0.1, 0.15) is 11.4 Å². The summed E-state index contributed by atoms with van der Waals surface area (Å²) in [5, 5.41) is 0.504. The van der Waals surface area contributed by atoms with Crippen LogP contribution in [-0.2, 0) is 27.2 Å². The number of nitrogens with two attached hydrogens (primary N) is 1. The van der Waals surface area contributed by atoms with Crippen molar-refractivity contribution in [3.63, 3.8) is 0 Å². The molecule has 37 heavy (non-hydrogen) atoms. The van der Waals surface area contributed by atoms with Crippen molar-refractivity contribution in [2.45, 2.75) is 45.3 Å². The SMILES string of the molecule is CC(C)(C)OC(=O)N1CCN(C(=O)C2Cc3cc(Cl)cc(-c4ccnc5c4C(C(N)=O)=CC5)c3O2)CC1. The van der Waals surface area contributed by atoms with Crippen LogP contribution in [0.3, 0.4) is 0 Å². The first-order valence-electron chi connectivity index (χ1n) is 12.3. The third-order valence-electron chi connectivity index (χ3n) is 6.67. The predicted molar refractivity (Wildman–Crippen MR) is 138 cm³/mol. The van der Waals surface area contributed by atoms with Gasteiger partial charge < -0.3 is 25.0 Å². The molecule has 10 heteroatoms. The number of halogens is 1. The lowest BCUT2D eigenvalue weighted by Crippen LogP contribution is -2.54. The van der Waals surface area contributed by atoms with E-state index in [9.17, 15) is 14.4 Å². The van der Waals surface area contributed by atoms with Crippen molar-refractivity contribution in [3.8, 4) is 16.9 Å². The van der Waals surface area contributed by atoms with Crippen LogP contribution in [0.5, 0.6) is 5.75 Å². The van der Waals surface area contributed by atoms with E-state index in [2.05, 4.69) is 4.98 Å². The maximum Gasteiger partial charge on any atom is 0.410 e. The van der Waals surface area contributed by atoms with Crippen molar-refractivity contribution in [2.75, 3.05) is 26.2 Å². The fraction of sp³-hybridized carbons (Fsp3) is 0.407. The lowest BCUT2D eigenvalue weighted by molar-refractivity contribution is -0.139. The summed E-state index contributed by atoms with van der Waals surface area (Å²) >= 11 is 6.47. The second kappa shape index (κ2) is 9.37. The van der Waals surface area contributed by atoms with E-state index in [0.29, 0.717) is 66.5 Å². The van der Waals surface area contributed by atoms with Crippen LogP contribution in [0.2, 0.25) is 5.02 Å². The Balaban J connectivity index is 1.35. The van der Waals surface area contributed by atoms with Crippen LogP contribution in [0.4, 0.5) is 4.79 Å². The Labute approximate surface area is 220 Å². The van der Waals surface area contributed by atoms with Gasteiger partial charge in [-0.05, 0) is 44.5 Å². The summed E-state index contributed by atoms with van der Waals surface area (Å²) in [7, 11) is 0. The highest BCUT2D eigenvalue weighted by atomic mass is 35.5. The highest BCUT2D eigenvalue weighted by molar-refractivity contribution is 6.31. The Bertz CT molecular complexity index is 1320. The van der Waals surface area contributed by atoms with E-state index < -0.39 is 17.6 Å². The van der Waals surface area contributed by atoms with E-state index >= 15 is 0 Å². The Kier molecular flexibility index (Phi) is 6.35. The molecule has 9 nitrogen and oxygen atoms in total. The number of nitrogens with zero attached hydrogens (tertiary/aromatic N) is 3. The summed E-state index contributed by atoms with van der Waals surface area (Å²) in [5.41, 5.74) is 9.16. The number of hydrogen-bond acceptors (Lipinski definition) is 6. The van der Waals surface area contributed by atoms with Crippen molar-refractivity contribution in [2.24, 2.45) is 5.73 Å². The molecule has 0 bridgehead atoms. The number of primary amides is 1. The quantitative estimate of drug-likeness (QED) is 0.659. The minimum absolute atomic E-state index is 0.139. The van der Waals surface area contributed by atoms with Crippen molar-refractivity contribution in [1.82, 2.24) is 14.8 Å². The first kappa shape index (κ1) is 25.1. The summed E-state index contributed by atoms with van der Waals surface area (Å²) in [5.74, 6) is -0.0924. The monoisotopic (exact) mass is 524 g/mol. The number of allylic oxidation sites excluding steroid dienone is 1. The number of hydrogen-bond donors (Lipinski definition) is 1. The summed E-state index contributed by atoms with van der Waals surface area (Å²) in [4.78, 5) is 45.6. The van der Waals surface area contributed by atoms with E-state index in [4.69, 9.17) is 26.8 Å². The van der Waals surface area contributed by atoms with Gasteiger partial charge in [0, 0.05) is 72.5 Å². The molecule has 2 N–H and O–H groups in total. The molecule has 3 aliphatic rings. The molecule has 0 spiro atoms. The molecule has 3 amide bonds. The zero-order valence-electron chi connectivity index (χ0n) is 21.0. The standard InChI is InChI=1S/C27H29ClN4O5/c1-27(2,3)37-26(35)32-10-8-31(9-11-32)25(34)21-13-15-12-16(28)14-19(23(15)36-21)17-6-7-30-20-5-4-18(22(17)20)24(29)33/h4,6-7,12,14,21H,5,8-11,13H2,1-3H3,(H2,29,33). The largest absolute Gasteiger partial charge is 0.479 e. The number of rotatable bonds is 3. The minimum Gasteiger partial charge on any atom is -0.479 e. The third-order valence-corrected chi connectivity index (χ3v) is 6.89.